The van der Waals surface area contributed by atoms with Crippen LogP contribution in [0, 0.1) is 0 Å². The molecule has 0 aromatic heterocycles. The van der Waals surface area contributed by atoms with Crippen molar-refractivity contribution in [3.8, 4) is 0 Å². The molecule has 0 bridgehead atoms. The molecule has 0 saturated heterocycles. The van der Waals surface area contributed by atoms with E-state index in [4.69, 9.17) is 14.0 Å². The molecule has 0 aromatic carbocycles. The normalized spacial score (nSPS) is 16.7. The zero-order chi connectivity index (χ0) is 11.2. The van der Waals surface area contributed by atoms with E-state index in [2.05, 4.69) is 36.7 Å². The highest BCUT2D eigenvalue weighted by Crippen LogP contribution is 2.25. The van der Waals surface area contributed by atoms with Crippen molar-refractivity contribution >= 4 is 35.9 Å². The first-order valence-electron chi connectivity index (χ1n) is 4.83. The van der Waals surface area contributed by atoms with Crippen LogP contribution in [0.3, 0.4) is 0 Å². The summed E-state index contributed by atoms with van der Waals surface area (Å²) in [5, 5.41) is 0. The smallest absolute Gasteiger partial charge is 0.409 e. The van der Waals surface area contributed by atoms with E-state index >= 15 is 0 Å². The Hall–Kier alpha value is 0.748. The Morgan fingerprint density at radius 1 is 1.29 bits per heavy atom. The number of rotatable bonds is 7. The molecule has 3 nitrogen and oxygen atoms in total. The summed E-state index contributed by atoms with van der Waals surface area (Å²) in [4.78, 5) is 0. The van der Waals surface area contributed by atoms with E-state index in [0.29, 0.717) is 0 Å². The van der Waals surface area contributed by atoms with Gasteiger partial charge in [0.05, 0.1) is 7.59 Å². The quantitative estimate of drug-likeness (QED) is 0.696. The van der Waals surface area contributed by atoms with Crippen LogP contribution in [-0.4, -0.2) is 42.5 Å². The van der Waals surface area contributed by atoms with Crippen molar-refractivity contribution in [2.24, 2.45) is 5.73 Å². The summed E-state index contributed by atoms with van der Waals surface area (Å²) in [5.74, 6) is 0. The highest BCUT2D eigenvalue weighted by atomic mass is 29.3. The lowest BCUT2D eigenvalue weighted by atomic mass is 10.5. The number of hydrogen-bond acceptors (Lipinski definition) is 3. The van der Waals surface area contributed by atoms with E-state index in [1.165, 1.54) is 0 Å². The molecule has 7 heteroatoms. The Bertz CT molecular complexity index is 154. The molecule has 0 aromatic rings. The molecule has 0 aliphatic rings. The van der Waals surface area contributed by atoms with Crippen LogP contribution in [0.1, 0.15) is 6.42 Å². The molecule has 1 atom stereocenters. The molecule has 14 heavy (non-hydrogen) atoms. The van der Waals surface area contributed by atoms with E-state index < -0.39 is 15.4 Å². The van der Waals surface area contributed by atoms with Crippen molar-refractivity contribution in [1.82, 2.24) is 0 Å². The summed E-state index contributed by atoms with van der Waals surface area (Å²) < 4.78 is 10.8. The summed E-state index contributed by atoms with van der Waals surface area (Å²) >= 11 is 0. The molecule has 81 valence electrons. The lowest BCUT2D eigenvalue weighted by Crippen LogP contribution is -2.58. The first-order chi connectivity index (χ1) is 6.37. The van der Waals surface area contributed by atoms with Gasteiger partial charge in [0.15, 0.2) is 7.83 Å². The zero-order valence-corrected chi connectivity index (χ0v) is 13.5. The summed E-state index contributed by atoms with van der Waals surface area (Å²) in [6.07, 6.45) is 1.07. The Morgan fingerprint density at radius 3 is 2.21 bits per heavy atom. The molecular weight excluding hydrogens is 242 g/mol. The fourth-order valence-electron chi connectivity index (χ4n) is 1.13. The van der Waals surface area contributed by atoms with Crippen molar-refractivity contribution in [1.29, 1.82) is 0 Å². The lowest BCUT2D eigenvalue weighted by molar-refractivity contribution is 0.481. The Labute approximate surface area is 95.3 Å². The standard InChI is InChI=1S/C7H20NO2Si4/c1-13(2,3)14(4,7-5-6-8)10-12-9-11/h5-8H2,1-4H3. The van der Waals surface area contributed by atoms with Crippen LogP contribution >= 0.6 is 0 Å². The van der Waals surface area contributed by atoms with Gasteiger partial charge >= 0.3 is 10.0 Å². The lowest BCUT2D eigenvalue weighted by Gasteiger charge is -2.38. The predicted octanol–water partition coefficient (Wildman–Crippen LogP) is 0.978. The monoisotopic (exact) mass is 262 g/mol. The van der Waals surface area contributed by atoms with Crippen LogP contribution in [0.15, 0.2) is 0 Å². The van der Waals surface area contributed by atoms with Gasteiger partial charge in [-0.15, -0.1) is 0 Å². The second-order valence-corrected chi connectivity index (χ2v) is 21.6. The molecule has 0 fully saturated rings. The van der Waals surface area contributed by atoms with Gasteiger partial charge in [0.1, 0.15) is 0 Å². The van der Waals surface area contributed by atoms with Crippen LogP contribution in [0.5, 0.6) is 0 Å². The molecule has 0 rings (SSSR count). The first kappa shape index (κ1) is 14.7. The van der Waals surface area contributed by atoms with Crippen molar-refractivity contribution in [3.05, 3.63) is 0 Å². The Balaban J connectivity index is 4.33. The molecule has 0 saturated carbocycles. The maximum atomic E-state index is 5.95. The summed E-state index contributed by atoms with van der Waals surface area (Å²) in [7, 11) is 0.307. The van der Waals surface area contributed by atoms with E-state index in [9.17, 15) is 0 Å². The summed E-state index contributed by atoms with van der Waals surface area (Å²) in [5.41, 5.74) is 5.55. The van der Waals surface area contributed by atoms with E-state index in [-0.39, 0.29) is 10.0 Å². The highest BCUT2D eigenvalue weighted by molar-refractivity contribution is 7.38. The predicted molar refractivity (Wildman–Crippen MR) is 67.1 cm³/mol. The van der Waals surface area contributed by atoms with Crippen molar-refractivity contribution < 1.29 is 8.23 Å². The van der Waals surface area contributed by atoms with E-state index in [1.807, 2.05) is 0 Å². The number of hydrogen-bond donors (Lipinski definition) is 1. The molecule has 2 N–H and O–H groups in total. The van der Waals surface area contributed by atoms with E-state index in [1.54, 1.807) is 0 Å². The zero-order valence-electron chi connectivity index (χ0n) is 9.52. The third-order valence-electron chi connectivity index (χ3n) is 2.75. The van der Waals surface area contributed by atoms with Crippen molar-refractivity contribution in [3.63, 3.8) is 0 Å². The van der Waals surface area contributed by atoms with Gasteiger partial charge < -0.3 is 14.0 Å². The minimum atomic E-state index is -1.58. The minimum Gasteiger partial charge on any atom is -0.437 e. The SMILES string of the molecule is C[Si](C)(C)[Si](C)(CCCN)O[Si]O[Si]. The van der Waals surface area contributed by atoms with Gasteiger partial charge in [-0.1, -0.05) is 19.6 Å². The second kappa shape index (κ2) is 6.36. The van der Waals surface area contributed by atoms with Crippen LogP contribution in [-0.2, 0) is 8.23 Å². The van der Waals surface area contributed by atoms with Crippen LogP contribution in [0.2, 0.25) is 32.2 Å². The van der Waals surface area contributed by atoms with Gasteiger partial charge in [0.25, 0.3) is 0 Å². The maximum absolute atomic E-state index is 5.95. The molecule has 0 amide bonds. The maximum Gasteiger partial charge on any atom is 0.409 e. The molecule has 0 aliphatic carbocycles. The van der Waals surface area contributed by atoms with Crippen LogP contribution in [0.25, 0.3) is 0 Å². The Morgan fingerprint density at radius 2 is 1.86 bits per heavy atom. The van der Waals surface area contributed by atoms with E-state index in [0.717, 1.165) is 19.0 Å². The number of nitrogens with two attached hydrogens (primary N) is 1. The summed E-state index contributed by atoms with van der Waals surface area (Å²) in [6.45, 7) is 10.2. The average Bonchev–Trinajstić information content (AvgIpc) is 2.09. The highest BCUT2D eigenvalue weighted by Gasteiger charge is 2.42. The average molecular weight is 263 g/mol. The topological polar surface area (TPSA) is 44.5 Å². The van der Waals surface area contributed by atoms with Crippen molar-refractivity contribution in [2.45, 2.75) is 38.7 Å². The molecule has 0 heterocycles. The molecular formula is C7H20NO2Si4. The van der Waals surface area contributed by atoms with Gasteiger partial charge in [0, 0.05) is 0 Å². The summed E-state index contributed by atoms with van der Waals surface area (Å²) in [6, 6.07) is 1.15. The third kappa shape index (κ3) is 4.51. The molecule has 0 aliphatic heterocycles. The fourth-order valence-corrected chi connectivity index (χ4v) is 11.6. The van der Waals surface area contributed by atoms with Crippen LogP contribution < -0.4 is 5.73 Å². The second-order valence-electron chi connectivity index (χ2n) is 4.66. The molecule has 5 radical (unpaired) electrons. The fraction of sp³-hybridized carbons (Fsp3) is 1.00. The largest absolute Gasteiger partial charge is 0.437 e. The van der Waals surface area contributed by atoms with Gasteiger partial charge in [-0.3, -0.25) is 0 Å². The van der Waals surface area contributed by atoms with Gasteiger partial charge in [-0.25, -0.2) is 0 Å². The van der Waals surface area contributed by atoms with Gasteiger partial charge in [0.2, 0.25) is 10.5 Å². The van der Waals surface area contributed by atoms with Crippen LogP contribution in [0.4, 0.5) is 0 Å². The molecule has 1 unspecified atom stereocenters. The van der Waals surface area contributed by atoms with Gasteiger partial charge in [-0.2, -0.15) is 0 Å². The van der Waals surface area contributed by atoms with Crippen molar-refractivity contribution in [2.75, 3.05) is 6.54 Å². The third-order valence-corrected chi connectivity index (χ3v) is 20.9. The molecule has 0 spiro atoms. The minimum absolute atomic E-state index is 0.120. The Kier molecular flexibility index (Phi) is 6.70. The first-order valence-corrected chi connectivity index (χ1v) is 13.2. The van der Waals surface area contributed by atoms with Gasteiger partial charge in [-0.05, 0) is 25.6 Å².